The van der Waals surface area contributed by atoms with E-state index in [1.54, 1.807) is 23.9 Å². The van der Waals surface area contributed by atoms with E-state index in [0.717, 1.165) is 0 Å². The first kappa shape index (κ1) is 7.93. The molecule has 2 rings (SSSR count). The molecule has 0 amide bonds. The molecule has 6 heteroatoms. The van der Waals surface area contributed by atoms with Gasteiger partial charge in [0, 0.05) is 0 Å². The zero-order valence-electron chi connectivity index (χ0n) is 7.14. The quantitative estimate of drug-likeness (QED) is 0.678. The van der Waals surface area contributed by atoms with Crippen LogP contribution in [-0.2, 0) is 6.54 Å². The van der Waals surface area contributed by atoms with E-state index in [2.05, 4.69) is 15.2 Å². The van der Waals surface area contributed by atoms with Gasteiger partial charge in [0.25, 0.3) is 5.78 Å². The second-order valence-corrected chi connectivity index (χ2v) is 2.48. The van der Waals surface area contributed by atoms with Crippen molar-refractivity contribution in [2.45, 2.75) is 6.54 Å². The molecule has 6 nitrogen and oxygen atoms in total. The molecule has 0 aliphatic heterocycles. The number of aromatic nitrogens is 4. The summed E-state index contributed by atoms with van der Waals surface area (Å²) in [6.45, 7) is 0.329. The second kappa shape index (κ2) is 2.98. The molecule has 0 atom stereocenters. The molecule has 0 aliphatic rings. The number of hydrogen-bond acceptors (Lipinski definition) is 5. The van der Waals surface area contributed by atoms with E-state index in [0.29, 0.717) is 23.9 Å². The Labute approximate surface area is 74.4 Å². The summed E-state index contributed by atoms with van der Waals surface area (Å²) < 4.78 is 6.72. The van der Waals surface area contributed by atoms with Crippen LogP contribution in [0.2, 0.25) is 0 Å². The highest BCUT2D eigenvalue weighted by Crippen LogP contribution is 2.09. The third-order valence-corrected chi connectivity index (χ3v) is 1.73. The Morgan fingerprint density at radius 2 is 2.38 bits per heavy atom. The van der Waals surface area contributed by atoms with Gasteiger partial charge in [-0.15, -0.1) is 10.2 Å². The fourth-order valence-corrected chi connectivity index (χ4v) is 1.06. The van der Waals surface area contributed by atoms with Crippen LogP contribution in [0, 0.1) is 0 Å². The van der Waals surface area contributed by atoms with Crippen LogP contribution in [0.25, 0.3) is 5.78 Å². The molecular formula is C7H9N5O. The number of fused-ring (bicyclic) bond motifs is 1. The van der Waals surface area contributed by atoms with Gasteiger partial charge in [0.05, 0.1) is 26.0 Å². The van der Waals surface area contributed by atoms with Crippen LogP contribution in [0.1, 0.15) is 5.82 Å². The Morgan fingerprint density at radius 1 is 1.54 bits per heavy atom. The Morgan fingerprint density at radius 3 is 3.08 bits per heavy atom. The topological polar surface area (TPSA) is 78.3 Å². The summed E-state index contributed by atoms with van der Waals surface area (Å²) in [5.41, 5.74) is 5.46. The molecule has 2 aromatic heterocycles. The third-order valence-electron chi connectivity index (χ3n) is 1.73. The van der Waals surface area contributed by atoms with Gasteiger partial charge in [0.1, 0.15) is 0 Å². The van der Waals surface area contributed by atoms with Gasteiger partial charge in [-0.1, -0.05) is 0 Å². The van der Waals surface area contributed by atoms with E-state index in [4.69, 9.17) is 10.5 Å². The largest absolute Gasteiger partial charge is 0.494 e. The molecule has 0 bridgehead atoms. The lowest BCUT2D eigenvalue weighted by molar-refractivity contribution is 0.410. The van der Waals surface area contributed by atoms with Crippen molar-refractivity contribution >= 4 is 5.78 Å². The number of ether oxygens (including phenoxy) is 1. The second-order valence-electron chi connectivity index (χ2n) is 2.48. The lowest BCUT2D eigenvalue weighted by Crippen LogP contribution is -2.03. The fourth-order valence-electron chi connectivity index (χ4n) is 1.06. The normalized spacial score (nSPS) is 10.6. The predicted molar refractivity (Wildman–Crippen MR) is 45.2 cm³/mol. The monoisotopic (exact) mass is 179 g/mol. The molecule has 2 N–H and O–H groups in total. The van der Waals surface area contributed by atoms with E-state index in [9.17, 15) is 0 Å². The molecule has 2 heterocycles. The van der Waals surface area contributed by atoms with Crippen molar-refractivity contribution in [3.05, 3.63) is 18.2 Å². The van der Waals surface area contributed by atoms with E-state index in [1.807, 2.05) is 0 Å². The van der Waals surface area contributed by atoms with Crippen molar-refractivity contribution in [1.29, 1.82) is 0 Å². The first-order chi connectivity index (χ1) is 6.35. The first-order valence-corrected chi connectivity index (χ1v) is 3.79. The molecule has 13 heavy (non-hydrogen) atoms. The lowest BCUT2D eigenvalue weighted by Gasteiger charge is -1.99. The maximum absolute atomic E-state index is 5.46. The van der Waals surface area contributed by atoms with Crippen LogP contribution in [0.3, 0.4) is 0 Å². The van der Waals surface area contributed by atoms with E-state index in [-0.39, 0.29) is 0 Å². The predicted octanol–water partition coefficient (Wildman–Crippen LogP) is -0.408. The highest BCUT2D eigenvalue weighted by atomic mass is 16.5. The summed E-state index contributed by atoms with van der Waals surface area (Å²) in [5, 5.41) is 7.69. The van der Waals surface area contributed by atoms with Gasteiger partial charge >= 0.3 is 0 Å². The molecular weight excluding hydrogens is 170 g/mol. The standard InChI is InChI=1S/C7H9N5O/c1-13-5-3-9-7-11-10-6(2-8)12(7)4-5/h3-4H,2,8H2,1H3. The Hall–Kier alpha value is -1.69. The molecule has 68 valence electrons. The van der Waals surface area contributed by atoms with Crippen LogP contribution in [0.4, 0.5) is 0 Å². The van der Waals surface area contributed by atoms with E-state index >= 15 is 0 Å². The summed E-state index contributed by atoms with van der Waals surface area (Å²) in [5.74, 6) is 1.85. The van der Waals surface area contributed by atoms with Crippen LogP contribution in [0.15, 0.2) is 12.4 Å². The minimum atomic E-state index is 0.329. The van der Waals surface area contributed by atoms with Gasteiger partial charge in [-0.25, -0.2) is 4.98 Å². The lowest BCUT2D eigenvalue weighted by atomic mass is 10.5. The van der Waals surface area contributed by atoms with Gasteiger partial charge in [0.2, 0.25) is 0 Å². The zero-order chi connectivity index (χ0) is 9.26. The van der Waals surface area contributed by atoms with Crippen molar-refractivity contribution in [2.24, 2.45) is 5.73 Å². The van der Waals surface area contributed by atoms with Crippen molar-refractivity contribution < 1.29 is 4.74 Å². The van der Waals surface area contributed by atoms with Crippen molar-refractivity contribution in [2.75, 3.05) is 7.11 Å². The summed E-state index contributed by atoms with van der Waals surface area (Å²) in [6, 6.07) is 0. The molecule has 0 aliphatic carbocycles. The van der Waals surface area contributed by atoms with Gasteiger partial charge in [-0.05, 0) is 0 Å². The van der Waals surface area contributed by atoms with Crippen molar-refractivity contribution in [1.82, 2.24) is 19.6 Å². The first-order valence-electron chi connectivity index (χ1n) is 3.79. The van der Waals surface area contributed by atoms with E-state index in [1.165, 1.54) is 0 Å². The minimum absolute atomic E-state index is 0.329. The SMILES string of the molecule is COc1cnc2nnc(CN)n2c1. The molecule has 0 spiro atoms. The molecule has 0 saturated carbocycles. The van der Waals surface area contributed by atoms with Crippen molar-refractivity contribution in [3.63, 3.8) is 0 Å². The summed E-state index contributed by atoms with van der Waals surface area (Å²) in [4.78, 5) is 4.03. The van der Waals surface area contributed by atoms with Gasteiger partial charge in [-0.3, -0.25) is 4.40 Å². The average Bonchev–Trinajstić information content (AvgIpc) is 2.59. The highest BCUT2D eigenvalue weighted by Gasteiger charge is 2.04. The number of methoxy groups -OCH3 is 1. The molecule has 0 unspecified atom stereocenters. The molecule has 0 fully saturated rings. The molecule has 0 aromatic carbocycles. The van der Waals surface area contributed by atoms with Crippen LogP contribution in [0.5, 0.6) is 5.75 Å². The maximum atomic E-state index is 5.46. The smallest absolute Gasteiger partial charge is 0.255 e. The van der Waals surface area contributed by atoms with Crippen LogP contribution < -0.4 is 10.5 Å². The van der Waals surface area contributed by atoms with E-state index < -0.39 is 0 Å². The number of hydrogen-bond donors (Lipinski definition) is 1. The highest BCUT2D eigenvalue weighted by molar-refractivity contribution is 5.31. The Kier molecular flexibility index (Phi) is 1.82. The fraction of sp³-hybridized carbons (Fsp3) is 0.286. The average molecular weight is 179 g/mol. The van der Waals surface area contributed by atoms with Crippen LogP contribution >= 0.6 is 0 Å². The third kappa shape index (κ3) is 1.20. The molecule has 2 aromatic rings. The summed E-state index contributed by atoms with van der Waals surface area (Å²) in [7, 11) is 1.58. The summed E-state index contributed by atoms with van der Waals surface area (Å²) >= 11 is 0. The Bertz CT molecular complexity index is 424. The number of rotatable bonds is 2. The summed E-state index contributed by atoms with van der Waals surface area (Å²) in [6.07, 6.45) is 3.34. The molecule has 0 radical (unpaired) electrons. The Balaban J connectivity index is 2.64. The zero-order valence-corrected chi connectivity index (χ0v) is 7.14. The van der Waals surface area contributed by atoms with Gasteiger partial charge in [-0.2, -0.15) is 0 Å². The number of nitrogens with zero attached hydrogens (tertiary/aromatic N) is 4. The number of nitrogens with two attached hydrogens (primary N) is 1. The molecule has 0 saturated heterocycles. The van der Waals surface area contributed by atoms with Gasteiger partial charge in [0.15, 0.2) is 11.6 Å². The minimum Gasteiger partial charge on any atom is -0.494 e. The van der Waals surface area contributed by atoms with Crippen LogP contribution in [-0.4, -0.2) is 26.7 Å². The maximum Gasteiger partial charge on any atom is 0.255 e. The van der Waals surface area contributed by atoms with Crippen molar-refractivity contribution in [3.8, 4) is 5.75 Å². The van der Waals surface area contributed by atoms with Gasteiger partial charge < -0.3 is 10.5 Å².